The first-order valence-electron chi connectivity index (χ1n) is 28.5. The fourth-order valence-corrected chi connectivity index (χ4v) is 10.7. The predicted octanol–water partition coefficient (Wildman–Crippen LogP) is 6.67. The first-order chi connectivity index (χ1) is 37.9. The van der Waals surface area contributed by atoms with Crippen molar-refractivity contribution < 1.29 is 67.1 Å². The van der Waals surface area contributed by atoms with Crippen LogP contribution in [-0.4, -0.2) is 178 Å². The molecule has 10 atom stereocenters. The van der Waals surface area contributed by atoms with E-state index in [1.54, 1.807) is 62.1 Å². The lowest BCUT2D eigenvalue weighted by atomic mass is 9.83. The number of methoxy groups -OCH3 is 2. The average molecular weight is 1120 g/mol. The standard InChI is InChI=1S/C61H95N5O14/c1-14-41(6)57(65(11)61(75)48(39(2)3)35-51(68)56(40(4)5)64(9)10)53(76-12)36-54(70)66-28-18-21-50(66)58(77-13)43(8)60(74)63-49(34-44-19-16-15-17-20-44)52(69)38-80-37-45-22-24-46(25-23-45)62-59(73)42(7)33-47(67)26-29-78-31-32-79-30-27-55(71)72/h15-17,19-20,22-25,39-43,48-50,53,56-58H,14,18,21,26-38H2,1-13H3,(H,62,73)(H,63,74)(H,71,72)/t41-,42-,43+,48-,49-,50-,53+,56-,57-,58+/m0/s1. The van der Waals surface area contributed by atoms with E-state index in [0.717, 1.165) is 11.1 Å². The molecule has 0 aromatic heterocycles. The van der Waals surface area contributed by atoms with Gasteiger partial charge in [0, 0.05) is 64.6 Å². The number of likely N-dealkylation sites (tertiary alicyclic amines) is 1. The zero-order chi connectivity index (χ0) is 59.6. The van der Waals surface area contributed by atoms with E-state index in [9.17, 15) is 38.4 Å². The third kappa shape index (κ3) is 22.1. The highest BCUT2D eigenvalue weighted by molar-refractivity contribution is 5.95. The van der Waals surface area contributed by atoms with E-state index in [2.05, 4.69) is 10.6 Å². The highest BCUT2D eigenvalue weighted by Crippen LogP contribution is 2.31. The second-order valence-corrected chi connectivity index (χ2v) is 22.4. The topological polar surface area (TPSA) is 237 Å². The molecule has 448 valence electrons. The molecule has 2 aromatic carbocycles. The number of carbonyl (C=O) groups is 8. The molecule has 1 fully saturated rings. The predicted molar refractivity (Wildman–Crippen MR) is 305 cm³/mol. The first-order valence-corrected chi connectivity index (χ1v) is 28.5. The molecule has 0 spiro atoms. The molecular formula is C61H95N5O14. The summed E-state index contributed by atoms with van der Waals surface area (Å²) >= 11 is 0. The van der Waals surface area contributed by atoms with E-state index in [1.807, 2.05) is 90.9 Å². The molecule has 3 rings (SSSR count). The quantitative estimate of drug-likeness (QED) is 0.0593. The molecule has 0 saturated carbocycles. The molecule has 4 amide bonds. The van der Waals surface area contributed by atoms with Crippen molar-refractivity contribution >= 4 is 52.6 Å². The molecule has 3 N–H and O–H groups in total. The van der Waals surface area contributed by atoms with Crippen LogP contribution in [0.1, 0.15) is 118 Å². The van der Waals surface area contributed by atoms with Crippen LogP contribution in [0, 0.1) is 35.5 Å². The zero-order valence-corrected chi connectivity index (χ0v) is 50.0. The fourth-order valence-electron chi connectivity index (χ4n) is 10.7. The van der Waals surface area contributed by atoms with Crippen LogP contribution in [0.25, 0.3) is 0 Å². The minimum atomic E-state index is -0.946. The van der Waals surface area contributed by atoms with Gasteiger partial charge < -0.3 is 49.2 Å². The largest absolute Gasteiger partial charge is 0.481 e. The van der Waals surface area contributed by atoms with Gasteiger partial charge in [-0.2, -0.15) is 0 Å². The van der Waals surface area contributed by atoms with E-state index in [0.29, 0.717) is 31.5 Å². The number of nitrogens with one attached hydrogen (secondary N) is 2. The number of aliphatic carboxylic acids is 1. The summed E-state index contributed by atoms with van der Waals surface area (Å²) in [5, 5.41) is 14.5. The smallest absolute Gasteiger partial charge is 0.305 e. The highest BCUT2D eigenvalue weighted by atomic mass is 16.5. The number of ketones is 3. The Morgan fingerprint density at radius 1 is 0.725 bits per heavy atom. The van der Waals surface area contributed by atoms with Gasteiger partial charge in [0.15, 0.2) is 11.6 Å². The maximum atomic E-state index is 14.5. The molecule has 2 aromatic rings. The van der Waals surface area contributed by atoms with Crippen molar-refractivity contribution in [2.75, 3.05) is 80.3 Å². The van der Waals surface area contributed by atoms with Gasteiger partial charge in [-0.25, -0.2) is 0 Å². The van der Waals surface area contributed by atoms with Gasteiger partial charge in [0.25, 0.3) is 0 Å². The van der Waals surface area contributed by atoms with E-state index < -0.39 is 60.0 Å². The van der Waals surface area contributed by atoms with E-state index >= 15 is 0 Å². The Labute approximate surface area is 475 Å². The van der Waals surface area contributed by atoms with Crippen LogP contribution in [0.3, 0.4) is 0 Å². The summed E-state index contributed by atoms with van der Waals surface area (Å²) in [5.41, 5.74) is 2.09. The maximum Gasteiger partial charge on any atom is 0.305 e. The fraction of sp³-hybridized carbons (Fsp3) is 0.672. The molecular weight excluding hydrogens is 1030 g/mol. The number of Topliss-reactive ketones (excluding diaryl/α,β-unsaturated/α-hetero) is 3. The number of hydrogen-bond donors (Lipinski definition) is 3. The van der Waals surface area contributed by atoms with Gasteiger partial charge in [0.05, 0.1) is 88.2 Å². The van der Waals surface area contributed by atoms with E-state index in [1.165, 1.54) is 7.11 Å². The Balaban J connectivity index is 1.65. The molecule has 80 heavy (non-hydrogen) atoms. The molecule has 0 aliphatic carbocycles. The van der Waals surface area contributed by atoms with Gasteiger partial charge >= 0.3 is 5.97 Å². The van der Waals surface area contributed by atoms with Gasteiger partial charge in [-0.1, -0.05) is 104 Å². The van der Waals surface area contributed by atoms with Crippen molar-refractivity contribution in [2.45, 2.75) is 156 Å². The lowest BCUT2D eigenvalue weighted by Crippen LogP contribution is -2.55. The molecule has 0 radical (unpaired) electrons. The van der Waals surface area contributed by atoms with Crippen LogP contribution < -0.4 is 10.6 Å². The summed E-state index contributed by atoms with van der Waals surface area (Å²) in [6.07, 6.45) is 0.963. The second kappa shape index (κ2) is 35.4. The van der Waals surface area contributed by atoms with Gasteiger partial charge in [-0.15, -0.1) is 0 Å². The number of likely N-dealkylation sites (N-methyl/N-ethyl adjacent to an activating group) is 2. The summed E-state index contributed by atoms with van der Waals surface area (Å²) < 4.78 is 28.6. The second-order valence-electron chi connectivity index (χ2n) is 22.4. The molecule has 19 nitrogen and oxygen atoms in total. The van der Waals surface area contributed by atoms with Crippen molar-refractivity contribution in [3.05, 3.63) is 65.7 Å². The Kier molecular flexibility index (Phi) is 30.5. The number of ether oxygens (including phenoxy) is 5. The average Bonchev–Trinajstić information content (AvgIpc) is 3.97. The molecule has 1 saturated heterocycles. The summed E-state index contributed by atoms with van der Waals surface area (Å²) in [6, 6.07) is 14.1. The number of benzene rings is 2. The van der Waals surface area contributed by atoms with Crippen molar-refractivity contribution in [1.29, 1.82) is 0 Å². The van der Waals surface area contributed by atoms with Gasteiger partial charge in [-0.3, -0.25) is 43.3 Å². The third-order valence-electron chi connectivity index (χ3n) is 15.4. The minimum absolute atomic E-state index is 0.0200. The molecule has 19 heteroatoms. The third-order valence-corrected chi connectivity index (χ3v) is 15.4. The molecule has 1 aliphatic rings. The molecule has 0 unspecified atom stereocenters. The summed E-state index contributed by atoms with van der Waals surface area (Å²) in [5.74, 6) is -4.51. The van der Waals surface area contributed by atoms with Crippen molar-refractivity contribution in [1.82, 2.24) is 20.0 Å². The monoisotopic (exact) mass is 1120 g/mol. The van der Waals surface area contributed by atoms with Crippen LogP contribution in [0.2, 0.25) is 0 Å². The highest BCUT2D eigenvalue weighted by Gasteiger charge is 2.43. The number of anilines is 1. The van der Waals surface area contributed by atoms with Crippen LogP contribution >= 0.6 is 0 Å². The summed E-state index contributed by atoms with van der Waals surface area (Å²) in [7, 11) is 8.59. The molecule has 1 aliphatic heterocycles. The van der Waals surface area contributed by atoms with Crippen molar-refractivity contribution in [3.8, 4) is 0 Å². The Hall–Kier alpha value is -5.44. The van der Waals surface area contributed by atoms with Crippen LogP contribution in [-0.2, 0) is 75.1 Å². The Bertz CT molecular complexity index is 2250. The normalized spacial score (nSPS) is 17.0. The van der Waals surface area contributed by atoms with Crippen molar-refractivity contribution in [2.24, 2.45) is 35.5 Å². The number of hydrogen-bond acceptors (Lipinski definition) is 14. The zero-order valence-electron chi connectivity index (χ0n) is 50.0. The number of carboxylic acids is 1. The Morgan fingerprint density at radius 3 is 1.93 bits per heavy atom. The SMILES string of the molecule is CC[C@H](C)[C@@H]([C@@H](CC(=O)N1CCC[C@H]1[C@H](OC)[C@@H](C)C(=O)N[C@@H](Cc1ccccc1)C(=O)COCc1ccc(NC(=O)[C@@H](C)CC(=O)CCOCCOCCC(=O)O)cc1)OC)N(C)C(=O)[C@@H](CC(=O)[C@H](C(C)C)N(C)C)C(C)C. The number of carbonyl (C=O) groups excluding carboxylic acids is 7. The molecule has 1 heterocycles. The van der Waals surface area contributed by atoms with E-state index in [4.69, 9.17) is 28.8 Å². The van der Waals surface area contributed by atoms with E-state index in [-0.39, 0.29) is 137 Å². The van der Waals surface area contributed by atoms with Crippen LogP contribution in [0.15, 0.2) is 54.6 Å². The summed E-state index contributed by atoms with van der Waals surface area (Å²) in [4.78, 5) is 112. The number of amides is 4. The Morgan fingerprint density at radius 2 is 1.36 bits per heavy atom. The van der Waals surface area contributed by atoms with Crippen LogP contribution in [0.5, 0.6) is 0 Å². The number of rotatable bonds is 39. The van der Waals surface area contributed by atoms with Gasteiger partial charge in [0.2, 0.25) is 23.6 Å². The first kappa shape index (κ1) is 68.8. The maximum absolute atomic E-state index is 14.5. The van der Waals surface area contributed by atoms with Gasteiger partial charge in [-0.05, 0) is 74.4 Å². The molecule has 0 bridgehead atoms. The lowest BCUT2D eigenvalue weighted by molar-refractivity contribution is -0.149. The van der Waals surface area contributed by atoms with Crippen LogP contribution in [0.4, 0.5) is 5.69 Å². The lowest BCUT2D eigenvalue weighted by Gasteiger charge is -2.41. The van der Waals surface area contributed by atoms with Crippen molar-refractivity contribution in [3.63, 3.8) is 0 Å². The number of carboxylic acid groups (broad SMARTS) is 1. The van der Waals surface area contributed by atoms with Gasteiger partial charge in [0.1, 0.15) is 12.4 Å². The number of nitrogens with zero attached hydrogens (tertiary/aromatic N) is 3. The minimum Gasteiger partial charge on any atom is -0.481 e. The summed E-state index contributed by atoms with van der Waals surface area (Å²) in [6.45, 7) is 16.3.